The summed E-state index contributed by atoms with van der Waals surface area (Å²) in [4.78, 5) is 19.2. The highest BCUT2D eigenvalue weighted by atomic mass is 32.1. The van der Waals surface area contributed by atoms with E-state index in [9.17, 15) is 4.79 Å². The largest absolute Gasteiger partial charge is 0.352 e. The summed E-state index contributed by atoms with van der Waals surface area (Å²) in [5, 5.41) is 6.20. The number of hydrogen-bond donors (Lipinski definition) is 1. The van der Waals surface area contributed by atoms with Crippen molar-refractivity contribution in [2.24, 2.45) is 5.92 Å². The molecule has 1 N–H and O–H groups in total. The summed E-state index contributed by atoms with van der Waals surface area (Å²) in [6.45, 7) is 2.72. The highest BCUT2D eigenvalue weighted by Gasteiger charge is 2.22. The zero-order valence-electron chi connectivity index (χ0n) is 14.5. The Morgan fingerprint density at radius 2 is 2.04 bits per heavy atom. The molecule has 134 valence electrons. The molecule has 26 heavy (non-hydrogen) atoms. The van der Waals surface area contributed by atoms with Crippen LogP contribution in [0.25, 0.3) is 5.69 Å². The molecule has 3 aromatic rings. The van der Waals surface area contributed by atoms with Gasteiger partial charge in [-0.2, -0.15) is 0 Å². The third kappa shape index (κ3) is 3.80. The Kier molecular flexibility index (Phi) is 5.02. The van der Waals surface area contributed by atoms with Crippen molar-refractivity contribution in [1.82, 2.24) is 14.9 Å². The van der Waals surface area contributed by atoms with E-state index in [4.69, 9.17) is 0 Å². The van der Waals surface area contributed by atoms with Crippen molar-refractivity contribution in [3.8, 4) is 5.69 Å². The van der Waals surface area contributed by atoms with Gasteiger partial charge in [0.2, 0.25) is 0 Å². The maximum atomic E-state index is 12.5. The molecular formula is C20H22N4OS. The minimum atomic E-state index is -0.00423. The Morgan fingerprint density at radius 3 is 2.77 bits per heavy atom. The van der Waals surface area contributed by atoms with Crippen LogP contribution in [0.3, 0.4) is 0 Å². The van der Waals surface area contributed by atoms with Crippen molar-refractivity contribution in [3.05, 3.63) is 65.9 Å². The average molecular weight is 366 g/mol. The van der Waals surface area contributed by atoms with E-state index in [1.165, 1.54) is 0 Å². The molecule has 0 saturated carbocycles. The summed E-state index contributed by atoms with van der Waals surface area (Å²) in [6, 6.07) is 11.7. The topological polar surface area (TPSA) is 50.2 Å². The molecule has 1 aliphatic heterocycles. The van der Waals surface area contributed by atoms with Crippen molar-refractivity contribution in [3.63, 3.8) is 0 Å². The first-order chi connectivity index (χ1) is 12.8. The van der Waals surface area contributed by atoms with Gasteiger partial charge in [-0.25, -0.2) is 4.98 Å². The molecule has 4 rings (SSSR count). The lowest BCUT2D eigenvalue weighted by Crippen LogP contribution is -2.41. The van der Waals surface area contributed by atoms with E-state index < -0.39 is 0 Å². The van der Waals surface area contributed by atoms with Crippen LogP contribution >= 0.6 is 11.3 Å². The Morgan fingerprint density at radius 1 is 1.23 bits per heavy atom. The van der Waals surface area contributed by atoms with Crippen LogP contribution < -0.4 is 10.2 Å². The van der Waals surface area contributed by atoms with Crippen LogP contribution in [0.4, 0.5) is 5.13 Å². The van der Waals surface area contributed by atoms with Gasteiger partial charge in [-0.15, -0.1) is 11.3 Å². The smallest absolute Gasteiger partial charge is 0.251 e. The van der Waals surface area contributed by atoms with Gasteiger partial charge in [0.05, 0.1) is 0 Å². The Bertz CT molecular complexity index is 827. The standard InChI is InChI=1S/C20H22N4OS/c25-19(17-5-7-18(8-6-17)23-10-1-2-11-23)22-14-16-4-3-12-24(15-16)20-21-9-13-26-20/h1-2,5-11,13,16H,3-4,12,14-15H2,(H,22,25)/t16-/m0/s1. The number of aromatic nitrogens is 2. The number of carbonyl (C=O) groups excluding carboxylic acids is 1. The van der Waals surface area contributed by atoms with Crippen LogP contribution in [-0.2, 0) is 0 Å². The van der Waals surface area contributed by atoms with E-state index in [-0.39, 0.29) is 5.91 Å². The fourth-order valence-corrected chi connectivity index (χ4v) is 4.09. The highest BCUT2D eigenvalue weighted by Crippen LogP contribution is 2.24. The van der Waals surface area contributed by atoms with Crippen molar-refractivity contribution < 1.29 is 4.79 Å². The minimum absolute atomic E-state index is 0.00423. The normalized spacial score (nSPS) is 17.2. The number of hydrogen-bond acceptors (Lipinski definition) is 4. The number of piperidine rings is 1. The molecule has 1 saturated heterocycles. The van der Waals surface area contributed by atoms with E-state index in [0.717, 1.165) is 36.8 Å². The van der Waals surface area contributed by atoms with Gasteiger partial charge in [0.15, 0.2) is 5.13 Å². The van der Waals surface area contributed by atoms with Crippen LogP contribution in [0.1, 0.15) is 23.2 Å². The molecule has 1 aliphatic rings. The minimum Gasteiger partial charge on any atom is -0.352 e. The SMILES string of the molecule is O=C(NC[C@@H]1CCCN(c2nccs2)C1)c1ccc(-n2cccc2)cc1. The zero-order chi connectivity index (χ0) is 17.8. The maximum absolute atomic E-state index is 12.5. The van der Waals surface area contributed by atoms with Gasteiger partial charge in [-0.1, -0.05) is 0 Å². The second kappa shape index (κ2) is 7.74. The van der Waals surface area contributed by atoms with E-state index in [2.05, 4.69) is 15.2 Å². The summed E-state index contributed by atoms with van der Waals surface area (Å²) < 4.78 is 2.02. The molecule has 0 radical (unpaired) electrons. The predicted octanol–water partition coefficient (Wildman–Crippen LogP) is 3.58. The van der Waals surface area contributed by atoms with Crippen LogP contribution in [0.5, 0.6) is 0 Å². The van der Waals surface area contributed by atoms with Gasteiger partial charge >= 0.3 is 0 Å². The molecule has 6 heteroatoms. The zero-order valence-corrected chi connectivity index (χ0v) is 15.4. The van der Waals surface area contributed by atoms with Crippen LogP contribution in [0.2, 0.25) is 0 Å². The molecule has 1 atom stereocenters. The van der Waals surface area contributed by atoms with Crippen LogP contribution in [0, 0.1) is 5.92 Å². The number of rotatable bonds is 5. The molecule has 0 spiro atoms. The molecule has 3 heterocycles. The molecule has 1 aromatic carbocycles. The van der Waals surface area contributed by atoms with Gasteiger partial charge in [0, 0.05) is 54.9 Å². The predicted molar refractivity (Wildman–Crippen MR) is 105 cm³/mol. The van der Waals surface area contributed by atoms with E-state index in [1.54, 1.807) is 11.3 Å². The maximum Gasteiger partial charge on any atom is 0.251 e. The van der Waals surface area contributed by atoms with Gasteiger partial charge < -0.3 is 14.8 Å². The first kappa shape index (κ1) is 16.8. The Balaban J connectivity index is 1.32. The van der Waals surface area contributed by atoms with Crippen molar-refractivity contribution in [2.75, 3.05) is 24.5 Å². The Labute approximate surface area is 157 Å². The number of anilines is 1. The summed E-state index contributed by atoms with van der Waals surface area (Å²) in [7, 11) is 0. The second-order valence-electron chi connectivity index (χ2n) is 6.62. The first-order valence-electron chi connectivity index (χ1n) is 8.95. The molecule has 1 amide bonds. The van der Waals surface area contributed by atoms with Crippen LogP contribution in [0.15, 0.2) is 60.4 Å². The lowest BCUT2D eigenvalue weighted by atomic mass is 9.98. The van der Waals surface area contributed by atoms with Gasteiger partial charge in [0.1, 0.15) is 0 Å². The fourth-order valence-electron chi connectivity index (χ4n) is 3.41. The molecular weight excluding hydrogens is 344 g/mol. The number of thiazole rings is 1. The number of amides is 1. The van der Waals surface area contributed by atoms with E-state index in [0.29, 0.717) is 18.0 Å². The third-order valence-electron chi connectivity index (χ3n) is 4.79. The second-order valence-corrected chi connectivity index (χ2v) is 7.49. The summed E-state index contributed by atoms with van der Waals surface area (Å²) in [5.74, 6) is 0.464. The molecule has 1 fully saturated rings. The number of benzene rings is 1. The Hall–Kier alpha value is -2.60. The monoisotopic (exact) mass is 366 g/mol. The number of nitrogens with zero attached hydrogens (tertiary/aromatic N) is 3. The van der Waals surface area contributed by atoms with Crippen molar-refractivity contribution in [1.29, 1.82) is 0 Å². The van der Waals surface area contributed by atoms with Crippen molar-refractivity contribution >= 4 is 22.4 Å². The molecule has 2 aromatic heterocycles. The molecule has 0 unspecified atom stereocenters. The summed E-state index contributed by atoms with van der Waals surface area (Å²) in [6.07, 6.45) is 8.13. The number of carbonyl (C=O) groups is 1. The average Bonchev–Trinajstić information content (AvgIpc) is 3.40. The fraction of sp³-hybridized carbons (Fsp3) is 0.300. The molecule has 0 bridgehead atoms. The van der Waals surface area contributed by atoms with Gasteiger partial charge in [-0.05, 0) is 55.2 Å². The first-order valence-corrected chi connectivity index (χ1v) is 9.83. The quantitative estimate of drug-likeness (QED) is 0.751. The van der Waals surface area contributed by atoms with Crippen LogP contribution in [-0.4, -0.2) is 35.1 Å². The van der Waals surface area contributed by atoms with Gasteiger partial charge in [0.25, 0.3) is 5.91 Å². The third-order valence-corrected chi connectivity index (χ3v) is 5.62. The summed E-state index contributed by atoms with van der Waals surface area (Å²) in [5.41, 5.74) is 1.76. The van der Waals surface area contributed by atoms with Crippen molar-refractivity contribution in [2.45, 2.75) is 12.8 Å². The summed E-state index contributed by atoms with van der Waals surface area (Å²) >= 11 is 1.68. The molecule has 5 nitrogen and oxygen atoms in total. The lowest BCUT2D eigenvalue weighted by molar-refractivity contribution is 0.0945. The lowest BCUT2D eigenvalue weighted by Gasteiger charge is -2.32. The molecule has 0 aliphatic carbocycles. The van der Waals surface area contributed by atoms with Gasteiger partial charge in [-0.3, -0.25) is 4.79 Å². The highest BCUT2D eigenvalue weighted by molar-refractivity contribution is 7.13. The van der Waals surface area contributed by atoms with E-state index in [1.807, 2.05) is 64.9 Å². The van der Waals surface area contributed by atoms with E-state index >= 15 is 0 Å². The number of nitrogens with one attached hydrogen (secondary N) is 1.